The highest BCUT2D eigenvalue weighted by molar-refractivity contribution is 6.06. The molecule has 0 aliphatic carbocycles. The molecular weight excluding hydrogens is 392 g/mol. The molecular formula is C23H22N6O2. The van der Waals surface area contributed by atoms with E-state index in [1.807, 2.05) is 30.3 Å². The maximum absolute atomic E-state index is 12.1. The molecule has 0 radical (unpaired) electrons. The number of benzene rings is 1. The Hall–Kier alpha value is -4.07. The van der Waals surface area contributed by atoms with Crippen molar-refractivity contribution in [2.45, 2.75) is 6.42 Å². The molecule has 0 bridgehead atoms. The van der Waals surface area contributed by atoms with Crippen LogP contribution in [0.3, 0.4) is 0 Å². The van der Waals surface area contributed by atoms with Crippen LogP contribution in [0.1, 0.15) is 15.9 Å². The molecule has 0 spiro atoms. The molecule has 0 aliphatic heterocycles. The number of aromatic nitrogens is 4. The van der Waals surface area contributed by atoms with Gasteiger partial charge in [-0.1, -0.05) is 18.2 Å². The Balaban J connectivity index is 1.48. The molecule has 156 valence electrons. The van der Waals surface area contributed by atoms with E-state index in [1.54, 1.807) is 38.7 Å². The summed E-state index contributed by atoms with van der Waals surface area (Å²) in [6.45, 7) is 0.655. The number of hydrogen-bond donors (Lipinski definition) is 2. The van der Waals surface area contributed by atoms with Gasteiger partial charge in [-0.3, -0.25) is 9.78 Å². The van der Waals surface area contributed by atoms with Gasteiger partial charge in [0.1, 0.15) is 12.1 Å². The number of para-hydroxylation sites is 1. The van der Waals surface area contributed by atoms with Crippen molar-refractivity contribution >= 4 is 22.6 Å². The standard InChI is InChI=1S/C23H22N6O2/c1-24-23(30)18-9-11-26-22-15(4-3-5-17(18)22)8-10-25-20-12-19(28-14-29-20)16-6-7-21(31-2)27-13-16/h3-7,9,11-14H,8,10H2,1-2H3,(H,24,30)(H,25,28,29). The van der Waals surface area contributed by atoms with Crippen LogP contribution in [-0.4, -0.2) is 46.5 Å². The maximum atomic E-state index is 12.1. The summed E-state index contributed by atoms with van der Waals surface area (Å²) in [6.07, 6.45) is 5.64. The van der Waals surface area contributed by atoms with Crippen molar-refractivity contribution < 1.29 is 9.53 Å². The van der Waals surface area contributed by atoms with E-state index in [4.69, 9.17) is 4.74 Å². The number of carbonyl (C=O) groups excluding carboxylic acids is 1. The Morgan fingerprint density at radius 3 is 2.74 bits per heavy atom. The van der Waals surface area contributed by atoms with Crippen molar-refractivity contribution in [1.82, 2.24) is 25.3 Å². The van der Waals surface area contributed by atoms with Gasteiger partial charge in [0.25, 0.3) is 5.91 Å². The zero-order valence-electron chi connectivity index (χ0n) is 17.3. The molecule has 2 N–H and O–H groups in total. The zero-order chi connectivity index (χ0) is 21.6. The van der Waals surface area contributed by atoms with Crippen LogP contribution in [0.15, 0.2) is 61.2 Å². The van der Waals surface area contributed by atoms with Gasteiger partial charge < -0.3 is 15.4 Å². The molecule has 3 aromatic heterocycles. The van der Waals surface area contributed by atoms with Crippen molar-refractivity contribution in [3.05, 3.63) is 72.3 Å². The predicted octanol–water partition coefficient (Wildman–Crippen LogP) is 3.11. The number of rotatable bonds is 7. The van der Waals surface area contributed by atoms with Crippen molar-refractivity contribution in [2.75, 3.05) is 26.0 Å². The van der Waals surface area contributed by atoms with E-state index >= 15 is 0 Å². The van der Waals surface area contributed by atoms with Crippen LogP contribution in [0.4, 0.5) is 5.82 Å². The van der Waals surface area contributed by atoms with Gasteiger partial charge in [0.05, 0.1) is 23.9 Å². The number of hydrogen-bond acceptors (Lipinski definition) is 7. The average molecular weight is 414 g/mol. The Labute approximate surface area is 179 Å². The molecule has 0 fully saturated rings. The SMILES string of the molecule is CNC(=O)c1ccnc2c(CCNc3cc(-c4ccc(OC)nc4)ncn3)cccc12. The van der Waals surface area contributed by atoms with Crippen LogP contribution in [0.2, 0.25) is 0 Å². The summed E-state index contributed by atoms with van der Waals surface area (Å²) in [7, 11) is 3.21. The number of pyridine rings is 2. The Kier molecular flexibility index (Phi) is 5.98. The highest BCUT2D eigenvalue weighted by atomic mass is 16.5. The predicted molar refractivity (Wildman–Crippen MR) is 119 cm³/mol. The highest BCUT2D eigenvalue weighted by Crippen LogP contribution is 2.22. The number of amides is 1. The van der Waals surface area contributed by atoms with E-state index in [0.717, 1.165) is 40.0 Å². The fourth-order valence-electron chi connectivity index (χ4n) is 3.36. The van der Waals surface area contributed by atoms with E-state index in [2.05, 4.69) is 30.6 Å². The summed E-state index contributed by atoms with van der Waals surface area (Å²) in [5, 5.41) is 6.86. The third-order valence-electron chi connectivity index (χ3n) is 4.94. The molecule has 0 aliphatic rings. The molecule has 8 heteroatoms. The van der Waals surface area contributed by atoms with Gasteiger partial charge in [-0.15, -0.1) is 0 Å². The van der Waals surface area contributed by atoms with Crippen molar-refractivity contribution in [1.29, 1.82) is 0 Å². The van der Waals surface area contributed by atoms with Crippen LogP contribution in [-0.2, 0) is 6.42 Å². The fraction of sp³-hybridized carbons (Fsp3) is 0.174. The van der Waals surface area contributed by atoms with Crippen LogP contribution in [0.5, 0.6) is 5.88 Å². The van der Waals surface area contributed by atoms with Crippen LogP contribution in [0.25, 0.3) is 22.2 Å². The Morgan fingerprint density at radius 2 is 1.97 bits per heavy atom. The molecule has 0 saturated heterocycles. The molecule has 0 unspecified atom stereocenters. The first-order chi connectivity index (χ1) is 15.2. The van der Waals surface area contributed by atoms with Gasteiger partial charge in [0.2, 0.25) is 5.88 Å². The molecule has 0 saturated carbocycles. The van der Waals surface area contributed by atoms with Gasteiger partial charge in [-0.05, 0) is 24.1 Å². The second-order valence-electron chi connectivity index (χ2n) is 6.81. The third-order valence-corrected chi connectivity index (χ3v) is 4.94. The minimum atomic E-state index is -0.121. The summed E-state index contributed by atoms with van der Waals surface area (Å²) < 4.78 is 5.10. The summed E-state index contributed by atoms with van der Waals surface area (Å²) in [6, 6.07) is 13.2. The zero-order valence-corrected chi connectivity index (χ0v) is 17.3. The lowest BCUT2D eigenvalue weighted by Crippen LogP contribution is -2.18. The molecule has 4 rings (SSSR count). The third kappa shape index (κ3) is 4.42. The number of ether oxygens (including phenoxy) is 1. The first kappa shape index (κ1) is 20.2. The second-order valence-corrected chi connectivity index (χ2v) is 6.81. The van der Waals surface area contributed by atoms with Gasteiger partial charge in [-0.2, -0.15) is 0 Å². The first-order valence-electron chi connectivity index (χ1n) is 9.84. The molecule has 4 aromatic rings. The largest absolute Gasteiger partial charge is 0.481 e. The van der Waals surface area contributed by atoms with E-state index in [-0.39, 0.29) is 5.91 Å². The van der Waals surface area contributed by atoms with Crippen LogP contribution >= 0.6 is 0 Å². The average Bonchev–Trinajstić information content (AvgIpc) is 2.83. The van der Waals surface area contributed by atoms with Crippen molar-refractivity contribution in [3.63, 3.8) is 0 Å². The number of fused-ring (bicyclic) bond motifs is 1. The van der Waals surface area contributed by atoms with Crippen LogP contribution < -0.4 is 15.4 Å². The van der Waals surface area contributed by atoms with E-state index in [9.17, 15) is 4.79 Å². The Morgan fingerprint density at radius 1 is 1.06 bits per heavy atom. The monoisotopic (exact) mass is 414 g/mol. The summed E-state index contributed by atoms with van der Waals surface area (Å²) >= 11 is 0. The summed E-state index contributed by atoms with van der Waals surface area (Å²) in [4.78, 5) is 29.5. The molecule has 1 amide bonds. The topological polar surface area (TPSA) is 102 Å². The smallest absolute Gasteiger partial charge is 0.251 e. The first-order valence-corrected chi connectivity index (χ1v) is 9.84. The van der Waals surface area contributed by atoms with Gasteiger partial charge >= 0.3 is 0 Å². The van der Waals surface area contributed by atoms with Crippen molar-refractivity contribution in [3.8, 4) is 17.1 Å². The van der Waals surface area contributed by atoms with E-state index in [0.29, 0.717) is 18.0 Å². The molecule has 8 nitrogen and oxygen atoms in total. The maximum Gasteiger partial charge on any atom is 0.251 e. The van der Waals surface area contributed by atoms with E-state index < -0.39 is 0 Å². The lowest BCUT2D eigenvalue weighted by molar-refractivity contribution is 0.0964. The van der Waals surface area contributed by atoms with Crippen LogP contribution in [0, 0.1) is 0 Å². The molecule has 3 heterocycles. The number of nitrogens with one attached hydrogen (secondary N) is 2. The minimum Gasteiger partial charge on any atom is -0.481 e. The minimum absolute atomic E-state index is 0.121. The highest BCUT2D eigenvalue weighted by Gasteiger charge is 2.11. The fourth-order valence-corrected chi connectivity index (χ4v) is 3.36. The number of methoxy groups -OCH3 is 1. The lowest BCUT2D eigenvalue weighted by atomic mass is 10.0. The van der Waals surface area contributed by atoms with Gasteiger partial charge in [0, 0.05) is 49.1 Å². The molecule has 0 atom stereocenters. The quantitative estimate of drug-likeness (QED) is 0.479. The number of anilines is 1. The lowest BCUT2D eigenvalue weighted by Gasteiger charge is -2.10. The van der Waals surface area contributed by atoms with E-state index in [1.165, 1.54) is 6.33 Å². The Bertz CT molecular complexity index is 1210. The summed E-state index contributed by atoms with van der Waals surface area (Å²) in [5.74, 6) is 1.16. The second kappa shape index (κ2) is 9.17. The number of carbonyl (C=O) groups is 1. The summed E-state index contributed by atoms with van der Waals surface area (Å²) in [5.41, 5.74) is 4.17. The normalized spacial score (nSPS) is 10.6. The molecule has 31 heavy (non-hydrogen) atoms. The number of nitrogens with zero attached hydrogens (tertiary/aromatic N) is 4. The van der Waals surface area contributed by atoms with Crippen molar-refractivity contribution in [2.24, 2.45) is 0 Å². The molecule has 1 aromatic carbocycles. The van der Waals surface area contributed by atoms with Gasteiger partial charge in [-0.25, -0.2) is 15.0 Å². The van der Waals surface area contributed by atoms with Gasteiger partial charge in [0.15, 0.2) is 0 Å².